The van der Waals surface area contributed by atoms with E-state index in [-0.39, 0.29) is 29.8 Å². The number of fused-ring (bicyclic) bond motifs is 6. The lowest BCUT2D eigenvalue weighted by Crippen LogP contribution is -2.53. The highest BCUT2D eigenvalue weighted by Gasteiger charge is 2.64. The fraction of sp³-hybridized carbons (Fsp3) is 0.489. The van der Waals surface area contributed by atoms with E-state index in [9.17, 15) is 24.3 Å². The molecule has 2 aromatic carbocycles. The molecule has 0 aliphatic carbocycles. The number of rotatable bonds is 6. The quantitative estimate of drug-likeness (QED) is 0.162. The minimum Gasteiger partial charge on any atom is -0.495 e. The molecule has 2 fully saturated rings. The summed E-state index contributed by atoms with van der Waals surface area (Å²) >= 11 is 6.80. The van der Waals surface area contributed by atoms with Gasteiger partial charge >= 0.3 is 11.9 Å². The number of allylic oxidation sites excluding steroid dienone is 3. The van der Waals surface area contributed by atoms with Crippen LogP contribution in [0.4, 0.5) is 11.4 Å². The molecule has 60 heavy (non-hydrogen) atoms. The summed E-state index contributed by atoms with van der Waals surface area (Å²) in [7, 11) is 6.01. The normalized spacial score (nSPS) is 28.8. The number of epoxide rings is 1. The van der Waals surface area contributed by atoms with Gasteiger partial charge in [0.15, 0.2) is 0 Å². The Morgan fingerprint density at radius 2 is 1.87 bits per heavy atom. The number of anilines is 2. The zero-order valence-corrected chi connectivity index (χ0v) is 36.7. The summed E-state index contributed by atoms with van der Waals surface area (Å²) in [6.45, 7) is 11.0. The van der Waals surface area contributed by atoms with Crippen molar-refractivity contribution in [3.05, 3.63) is 82.5 Å². The molecular weight excluding hydrogens is 792 g/mol. The van der Waals surface area contributed by atoms with E-state index in [1.54, 1.807) is 62.5 Å². The topological polar surface area (TPSA) is 183 Å². The van der Waals surface area contributed by atoms with Gasteiger partial charge in [-0.05, 0) is 63.1 Å². The van der Waals surface area contributed by atoms with Crippen LogP contribution in [0, 0.1) is 5.92 Å². The highest BCUT2D eigenvalue weighted by Crippen LogP contribution is 2.50. The van der Waals surface area contributed by atoms with Crippen molar-refractivity contribution >= 4 is 57.6 Å². The van der Waals surface area contributed by atoms with E-state index in [1.807, 2.05) is 33.8 Å². The van der Waals surface area contributed by atoms with Gasteiger partial charge < -0.3 is 44.3 Å². The number of nitrogen functional groups attached to an aromatic ring is 1. The highest BCUT2D eigenvalue weighted by molar-refractivity contribution is 6.35. The molecular formula is C45H57ClN4O10. The number of hydrogen-bond donors (Lipinski definition) is 2. The Hall–Kier alpha value is -5.02. The van der Waals surface area contributed by atoms with Crippen molar-refractivity contribution in [3.63, 3.8) is 0 Å². The molecule has 8 atom stereocenters. The molecule has 2 saturated heterocycles. The van der Waals surface area contributed by atoms with Gasteiger partial charge in [0.1, 0.15) is 46.3 Å². The lowest BCUT2D eigenvalue weighted by atomic mass is 9.78. The molecule has 6 rings (SSSR count). The van der Waals surface area contributed by atoms with Crippen molar-refractivity contribution in [3.8, 4) is 5.75 Å². The maximum Gasteiger partial charge on any atom is 0.328 e. The molecule has 3 aliphatic heterocycles. The van der Waals surface area contributed by atoms with Gasteiger partial charge in [0, 0.05) is 50.8 Å². The Balaban J connectivity index is 0.00000336. The molecule has 0 saturated carbocycles. The highest BCUT2D eigenvalue weighted by atomic mass is 35.5. The fourth-order valence-corrected chi connectivity index (χ4v) is 8.20. The van der Waals surface area contributed by atoms with E-state index in [1.165, 1.54) is 44.2 Å². The van der Waals surface area contributed by atoms with Crippen molar-refractivity contribution < 1.29 is 48.0 Å². The maximum absolute atomic E-state index is 14.3. The molecule has 3 N–H and O–H groups in total. The molecule has 3 aliphatic rings. The smallest absolute Gasteiger partial charge is 0.328 e. The Morgan fingerprint density at radius 1 is 1.15 bits per heavy atom. The van der Waals surface area contributed by atoms with Crippen molar-refractivity contribution in [2.24, 2.45) is 5.92 Å². The van der Waals surface area contributed by atoms with Crippen LogP contribution in [0.25, 0.3) is 10.9 Å². The first kappa shape index (κ1) is 46.1. The van der Waals surface area contributed by atoms with E-state index >= 15 is 0 Å². The Bertz CT molecular complexity index is 2180. The van der Waals surface area contributed by atoms with Crippen LogP contribution in [0.2, 0.25) is 5.02 Å². The lowest BCUT2D eigenvalue weighted by molar-refractivity contribution is -0.187. The summed E-state index contributed by atoms with van der Waals surface area (Å²) in [6.07, 6.45) is 3.16. The number of nitrogens with two attached hydrogens (primary N) is 1. The number of hydrogen-bond acceptors (Lipinski definition) is 12. The SMILES string of the molecule is CC.COc1cc2cc(c1Cl)N(C)C(=O)C[C@H](OC(=O)[C@H](C)N(C)C(=O)c1cnc3cc(N)ccc3c1)[C@]1(C)O[C@H]1[C@H](C)[C@@H]1C[C@@](O)(CC(=O)O1)[C@H](OC)/C=C/C=C(\C)C2. The van der Waals surface area contributed by atoms with E-state index in [0.717, 1.165) is 11.1 Å². The number of esters is 2. The first-order valence-electron chi connectivity index (χ1n) is 20.1. The zero-order chi connectivity index (χ0) is 44.3. The maximum atomic E-state index is 14.3. The summed E-state index contributed by atoms with van der Waals surface area (Å²) < 4.78 is 29.6. The molecule has 3 aromatic rings. The number of carbonyl (C=O) groups is 4. The summed E-state index contributed by atoms with van der Waals surface area (Å²) in [5, 5.41) is 12.8. The van der Waals surface area contributed by atoms with Gasteiger partial charge in [-0.25, -0.2) is 4.79 Å². The van der Waals surface area contributed by atoms with Crippen LogP contribution in [0.3, 0.4) is 0 Å². The van der Waals surface area contributed by atoms with Crippen molar-refractivity contribution in [2.75, 3.05) is 38.9 Å². The molecule has 0 radical (unpaired) electrons. The largest absolute Gasteiger partial charge is 0.495 e. The minimum absolute atomic E-state index is 0.0403. The number of amides is 2. The number of aliphatic hydroxyl groups is 1. The van der Waals surface area contributed by atoms with E-state index < -0.39 is 71.3 Å². The van der Waals surface area contributed by atoms with Gasteiger partial charge in [-0.1, -0.05) is 62.2 Å². The van der Waals surface area contributed by atoms with E-state index in [2.05, 4.69) is 4.98 Å². The van der Waals surface area contributed by atoms with Crippen molar-refractivity contribution in [1.82, 2.24) is 9.88 Å². The van der Waals surface area contributed by atoms with Crippen LogP contribution >= 0.6 is 11.6 Å². The second-order valence-electron chi connectivity index (χ2n) is 15.8. The number of benzene rings is 2. The van der Waals surface area contributed by atoms with Gasteiger partial charge in [0.25, 0.3) is 5.91 Å². The minimum atomic E-state index is -1.60. The Morgan fingerprint density at radius 3 is 2.55 bits per heavy atom. The number of nitrogens with zero attached hydrogens (tertiary/aromatic N) is 3. The van der Waals surface area contributed by atoms with E-state index in [0.29, 0.717) is 34.4 Å². The predicted octanol–water partition coefficient (Wildman–Crippen LogP) is 6.23. The van der Waals surface area contributed by atoms with Crippen LogP contribution < -0.4 is 15.4 Å². The standard InChI is InChI=1S/C43H51ClN4O10.C2H6/c1-23-10-9-11-34(55-8)43(53)20-33(56-37(50)21-43)24(2)39-42(4,58-39)35(19-36(49)48(6)31-15-26(14-23)16-32(54-7)38(31)44)57-41(52)25(3)47(5)40(51)28-17-27-12-13-29(45)18-30(27)46-22-28;1-2/h9-13,15-18,22,24-25,33-35,39,53H,14,19-21,45H2,1-8H3;1-2H3/b11-9+,23-10+;/t24-,25+,33+,34-,35+,39+,42+,43-;/m1./s1. The first-order chi connectivity index (χ1) is 28.4. The van der Waals surface area contributed by atoms with Gasteiger partial charge in [0.2, 0.25) is 5.91 Å². The van der Waals surface area contributed by atoms with Gasteiger partial charge in [0.05, 0.1) is 42.8 Å². The summed E-state index contributed by atoms with van der Waals surface area (Å²) in [5.41, 5.74) is 6.57. The molecule has 324 valence electrons. The molecule has 14 nitrogen and oxygen atoms in total. The molecule has 1 aromatic heterocycles. The van der Waals surface area contributed by atoms with Crippen molar-refractivity contribution in [2.45, 2.75) is 109 Å². The van der Waals surface area contributed by atoms with Crippen LogP contribution in [-0.2, 0) is 39.8 Å². The number of methoxy groups -OCH3 is 2. The molecule has 4 heterocycles. The number of ether oxygens (including phenoxy) is 5. The fourth-order valence-electron chi connectivity index (χ4n) is 7.89. The first-order valence-corrected chi connectivity index (χ1v) is 20.5. The van der Waals surface area contributed by atoms with Gasteiger partial charge in [-0.3, -0.25) is 19.4 Å². The van der Waals surface area contributed by atoms with Crippen LogP contribution in [0.5, 0.6) is 5.75 Å². The molecule has 15 heteroatoms. The lowest BCUT2D eigenvalue weighted by Gasteiger charge is -2.41. The monoisotopic (exact) mass is 848 g/mol. The van der Waals surface area contributed by atoms with Crippen LogP contribution in [0.15, 0.2) is 66.4 Å². The second-order valence-corrected chi connectivity index (χ2v) is 16.2. The summed E-state index contributed by atoms with van der Waals surface area (Å²) in [6, 6.07) is 9.33. The third-order valence-corrected chi connectivity index (χ3v) is 12.0. The van der Waals surface area contributed by atoms with Crippen LogP contribution in [-0.4, -0.2) is 109 Å². The number of halogens is 1. The average molecular weight is 849 g/mol. The molecule has 4 bridgehead atoms. The molecule has 0 unspecified atom stereocenters. The zero-order valence-electron chi connectivity index (χ0n) is 36.0. The number of carbonyl (C=O) groups excluding carboxylic acids is 4. The average Bonchev–Trinajstić information content (AvgIpc) is 3.92. The van der Waals surface area contributed by atoms with E-state index in [4.69, 9.17) is 41.0 Å². The summed E-state index contributed by atoms with van der Waals surface area (Å²) in [4.78, 5) is 62.0. The summed E-state index contributed by atoms with van der Waals surface area (Å²) in [5.74, 6) is -2.46. The van der Waals surface area contributed by atoms with Gasteiger partial charge in [-0.15, -0.1) is 0 Å². The third-order valence-electron chi connectivity index (χ3n) is 11.7. The molecule has 2 amide bonds. The Kier molecular flexibility index (Phi) is 14.4. The third kappa shape index (κ3) is 9.62. The predicted molar refractivity (Wildman–Crippen MR) is 229 cm³/mol. The van der Waals surface area contributed by atoms with Crippen molar-refractivity contribution in [1.29, 1.82) is 0 Å². The number of likely N-dealkylation sites (N-methyl/N-ethyl adjacent to an activating group) is 1. The second kappa shape index (κ2) is 18.7. The van der Waals surface area contributed by atoms with Gasteiger partial charge in [-0.2, -0.15) is 0 Å². The Labute approximate surface area is 356 Å². The number of pyridine rings is 1. The van der Waals surface area contributed by atoms with Crippen LogP contribution in [0.1, 0.15) is 76.7 Å². The molecule has 0 spiro atoms. The number of aromatic nitrogens is 1.